The zero-order valence-electron chi connectivity index (χ0n) is 16.3. The molecule has 1 saturated carbocycles. The second kappa shape index (κ2) is 6.89. The van der Waals surface area contributed by atoms with Crippen LogP contribution in [0.1, 0.15) is 30.2 Å². The summed E-state index contributed by atoms with van der Waals surface area (Å²) in [6.07, 6.45) is 5.32. The van der Waals surface area contributed by atoms with Gasteiger partial charge in [-0.05, 0) is 30.7 Å². The van der Waals surface area contributed by atoms with Gasteiger partial charge in [-0.2, -0.15) is 0 Å². The molecule has 0 radical (unpaired) electrons. The van der Waals surface area contributed by atoms with Gasteiger partial charge in [-0.3, -0.25) is 18.5 Å². The third-order valence-corrected chi connectivity index (χ3v) is 6.89. The first-order valence-electron chi connectivity index (χ1n) is 9.33. The molecule has 0 bridgehead atoms. The molecule has 1 N–H and O–H groups in total. The highest BCUT2D eigenvalue weighted by Gasteiger charge is 2.38. The van der Waals surface area contributed by atoms with Gasteiger partial charge in [0.05, 0.1) is 25.1 Å². The van der Waals surface area contributed by atoms with Gasteiger partial charge in [-0.25, -0.2) is 9.59 Å². The summed E-state index contributed by atoms with van der Waals surface area (Å²) in [6.45, 7) is 5.56. The topological polar surface area (TPSA) is 91.0 Å². The monoisotopic (exact) mass is 404 g/mol. The van der Waals surface area contributed by atoms with Crippen molar-refractivity contribution in [2.24, 2.45) is 5.41 Å². The lowest BCUT2D eigenvalue weighted by atomic mass is 10.1. The summed E-state index contributed by atoms with van der Waals surface area (Å²) in [5.41, 5.74) is 0.144. The van der Waals surface area contributed by atoms with Gasteiger partial charge in [0.15, 0.2) is 0 Å². The first-order valence-corrected chi connectivity index (χ1v) is 10.1. The van der Waals surface area contributed by atoms with Gasteiger partial charge in [-0.1, -0.05) is 6.92 Å². The smallest absolute Gasteiger partial charge is 0.332 e. The van der Waals surface area contributed by atoms with Crippen molar-refractivity contribution < 1.29 is 4.74 Å². The highest BCUT2D eigenvalue weighted by atomic mass is 32.1. The Morgan fingerprint density at radius 1 is 1.25 bits per heavy atom. The number of hydrogen-bond donors (Lipinski definition) is 1. The second-order valence-electron chi connectivity index (χ2n) is 7.85. The fourth-order valence-corrected chi connectivity index (χ4v) is 4.81. The van der Waals surface area contributed by atoms with E-state index in [9.17, 15) is 14.4 Å². The van der Waals surface area contributed by atoms with Crippen LogP contribution >= 0.6 is 11.3 Å². The quantitative estimate of drug-likeness (QED) is 0.646. The number of fused-ring (bicyclic) bond motifs is 1. The van der Waals surface area contributed by atoms with Crippen LogP contribution in [0.4, 0.5) is 0 Å². The molecule has 8 nitrogen and oxygen atoms in total. The number of H-pyrrole nitrogens is 1. The van der Waals surface area contributed by atoms with E-state index in [0.29, 0.717) is 36.5 Å². The fraction of sp³-hybridized carbons (Fsp3) is 0.526. The van der Waals surface area contributed by atoms with Crippen LogP contribution in [-0.2, 0) is 24.4 Å². The summed E-state index contributed by atoms with van der Waals surface area (Å²) >= 11 is 1.40. The molecular formula is C19H24N4O4S. The van der Waals surface area contributed by atoms with Gasteiger partial charge >= 0.3 is 11.4 Å². The molecule has 0 aromatic carbocycles. The molecule has 0 spiro atoms. The lowest BCUT2D eigenvalue weighted by Crippen LogP contribution is -2.41. The van der Waals surface area contributed by atoms with Crippen LogP contribution in [0, 0.1) is 12.3 Å². The highest BCUT2D eigenvalue weighted by molar-refractivity contribution is 7.18. The van der Waals surface area contributed by atoms with Crippen molar-refractivity contribution in [3.05, 3.63) is 54.2 Å². The first kappa shape index (κ1) is 18.9. The van der Waals surface area contributed by atoms with Crippen LogP contribution < -0.4 is 16.9 Å². The molecule has 0 unspecified atom stereocenters. The summed E-state index contributed by atoms with van der Waals surface area (Å²) in [6, 6.07) is 0. The molecule has 28 heavy (non-hydrogen) atoms. The largest absolute Gasteiger partial charge is 0.383 e. The number of thiophene rings is 1. The summed E-state index contributed by atoms with van der Waals surface area (Å²) in [7, 11) is 1.59. The van der Waals surface area contributed by atoms with E-state index in [2.05, 4.69) is 11.9 Å². The highest BCUT2D eigenvalue weighted by Crippen LogP contribution is 2.46. The first-order chi connectivity index (χ1) is 13.3. The maximum atomic E-state index is 13.2. The number of ether oxygens (including phenoxy) is 1. The van der Waals surface area contributed by atoms with Gasteiger partial charge in [0, 0.05) is 30.9 Å². The van der Waals surface area contributed by atoms with Gasteiger partial charge in [0.1, 0.15) is 4.83 Å². The predicted octanol–water partition coefficient (Wildman–Crippen LogP) is 1.52. The van der Waals surface area contributed by atoms with E-state index in [-0.39, 0.29) is 22.4 Å². The summed E-state index contributed by atoms with van der Waals surface area (Å²) in [5.74, 6) is 0. The zero-order chi connectivity index (χ0) is 20.1. The molecule has 0 aliphatic heterocycles. The number of aryl methyl sites for hydroxylation is 1. The minimum atomic E-state index is -0.283. The van der Waals surface area contributed by atoms with Crippen LogP contribution in [0.15, 0.2) is 26.8 Å². The third-order valence-electron chi connectivity index (χ3n) is 5.59. The van der Waals surface area contributed by atoms with E-state index in [0.717, 1.165) is 23.3 Å². The van der Waals surface area contributed by atoms with Gasteiger partial charge in [0.2, 0.25) is 0 Å². The van der Waals surface area contributed by atoms with E-state index in [1.54, 1.807) is 28.6 Å². The molecule has 9 heteroatoms. The molecule has 4 rings (SSSR count). The SMILES string of the molecule is COCCn1c(=O)n(CC2(C)CC2)c(=O)c2c(C)c(Cn3cc[nH]c3=O)sc21. The molecule has 0 atom stereocenters. The summed E-state index contributed by atoms with van der Waals surface area (Å²) in [4.78, 5) is 42.4. The average Bonchev–Trinajstić information content (AvgIpc) is 3.11. The molecule has 1 aliphatic rings. The van der Waals surface area contributed by atoms with Crippen LogP contribution in [0.3, 0.4) is 0 Å². The average molecular weight is 404 g/mol. The number of nitrogens with one attached hydrogen (secondary N) is 1. The van der Waals surface area contributed by atoms with E-state index in [1.807, 2.05) is 6.92 Å². The molecule has 3 heterocycles. The Morgan fingerprint density at radius 3 is 2.61 bits per heavy atom. The standard InChI is InChI=1S/C19H24N4O4S/c1-12-13(10-21-7-6-20-17(21)25)28-16-14(12)15(24)23(11-19(2)4-5-19)18(26)22(16)8-9-27-3/h6-7H,4-5,8-11H2,1-3H3,(H,20,25). The Labute approximate surface area is 165 Å². The van der Waals surface area contributed by atoms with E-state index in [1.165, 1.54) is 15.9 Å². The normalized spacial score (nSPS) is 15.4. The molecule has 3 aromatic heterocycles. The molecule has 0 amide bonds. The van der Waals surface area contributed by atoms with Crippen molar-refractivity contribution in [2.45, 2.75) is 46.3 Å². The maximum Gasteiger partial charge on any atom is 0.332 e. The predicted molar refractivity (Wildman–Crippen MR) is 108 cm³/mol. The minimum absolute atomic E-state index is 0.0287. The van der Waals surface area contributed by atoms with Gasteiger partial charge in [0.25, 0.3) is 5.56 Å². The third kappa shape index (κ3) is 3.18. The van der Waals surface area contributed by atoms with Crippen molar-refractivity contribution in [3.63, 3.8) is 0 Å². The zero-order valence-corrected chi connectivity index (χ0v) is 17.1. The lowest BCUT2D eigenvalue weighted by Gasteiger charge is -2.14. The Hall–Kier alpha value is -2.39. The Balaban J connectivity index is 1.91. The molecular weight excluding hydrogens is 380 g/mol. The molecule has 1 fully saturated rings. The van der Waals surface area contributed by atoms with Gasteiger partial charge in [-0.15, -0.1) is 11.3 Å². The van der Waals surface area contributed by atoms with Crippen molar-refractivity contribution in [1.82, 2.24) is 18.7 Å². The number of methoxy groups -OCH3 is 1. The fourth-order valence-electron chi connectivity index (χ4n) is 3.49. The Bertz CT molecular complexity index is 1210. The van der Waals surface area contributed by atoms with Crippen LogP contribution in [-0.4, -0.2) is 32.4 Å². The van der Waals surface area contributed by atoms with Crippen LogP contribution in [0.5, 0.6) is 0 Å². The maximum absolute atomic E-state index is 13.2. The lowest BCUT2D eigenvalue weighted by molar-refractivity contribution is 0.186. The molecule has 3 aromatic rings. The van der Waals surface area contributed by atoms with E-state index < -0.39 is 0 Å². The van der Waals surface area contributed by atoms with Crippen molar-refractivity contribution in [1.29, 1.82) is 0 Å². The van der Waals surface area contributed by atoms with Crippen molar-refractivity contribution in [2.75, 3.05) is 13.7 Å². The second-order valence-corrected chi connectivity index (χ2v) is 8.94. The number of aromatic amines is 1. The minimum Gasteiger partial charge on any atom is -0.383 e. The Morgan fingerprint density at radius 2 is 2.00 bits per heavy atom. The summed E-state index contributed by atoms with van der Waals surface area (Å²) < 4.78 is 9.77. The van der Waals surface area contributed by atoms with Crippen LogP contribution in [0.25, 0.3) is 10.2 Å². The molecule has 1 aliphatic carbocycles. The Kier molecular flexibility index (Phi) is 4.67. The molecule has 0 saturated heterocycles. The van der Waals surface area contributed by atoms with Crippen molar-refractivity contribution >= 4 is 21.6 Å². The number of imidazole rings is 1. The number of hydrogen-bond acceptors (Lipinski definition) is 5. The number of aromatic nitrogens is 4. The summed E-state index contributed by atoms with van der Waals surface area (Å²) in [5, 5.41) is 0.573. The van der Waals surface area contributed by atoms with Gasteiger partial charge < -0.3 is 9.72 Å². The van der Waals surface area contributed by atoms with Crippen molar-refractivity contribution in [3.8, 4) is 0 Å². The van der Waals surface area contributed by atoms with E-state index >= 15 is 0 Å². The van der Waals surface area contributed by atoms with Crippen LogP contribution in [0.2, 0.25) is 0 Å². The van der Waals surface area contributed by atoms with E-state index in [4.69, 9.17) is 4.74 Å². The number of nitrogens with zero attached hydrogens (tertiary/aromatic N) is 3. The number of rotatable bonds is 7. The molecule has 150 valence electrons.